The second-order valence-corrected chi connectivity index (χ2v) is 4.10. The third-order valence-electron chi connectivity index (χ3n) is 2.91. The van der Waals surface area contributed by atoms with Gasteiger partial charge in [0.1, 0.15) is 5.15 Å². The molecule has 0 fully saturated rings. The fourth-order valence-electron chi connectivity index (χ4n) is 2.13. The van der Waals surface area contributed by atoms with Crippen LogP contribution in [0.3, 0.4) is 0 Å². The molecule has 0 radical (unpaired) electrons. The minimum atomic E-state index is -0.742. The molecule has 76 valence electrons. The van der Waals surface area contributed by atoms with Gasteiger partial charge in [-0.25, -0.2) is 0 Å². The molecule has 1 aliphatic carbocycles. The minimum absolute atomic E-state index is 0.363. The first-order valence-electron chi connectivity index (χ1n) is 4.68. The number of aromatic nitrogens is 1. The normalized spacial score (nSPS) is 20.6. The molecule has 0 aliphatic heterocycles. The van der Waals surface area contributed by atoms with E-state index in [0.29, 0.717) is 5.15 Å². The van der Waals surface area contributed by atoms with Crippen LogP contribution >= 0.6 is 11.6 Å². The molecular weight excluding hydrogens is 202 g/mol. The average Bonchev–Trinajstić information content (AvgIpc) is 2.43. The van der Waals surface area contributed by atoms with Crippen LogP contribution in [0.25, 0.3) is 0 Å². The Kier molecular flexibility index (Phi) is 2.27. The summed E-state index contributed by atoms with van der Waals surface area (Å²) in [5.41, 5.74) is 1.98. The van der Waals surface area contributed by atoms with Crippen LogP contribution in [0.4, 0.5) is 0 Å². The number of aliphatic carboxylic acids is 1. The van der Waals surface area contributed by atoms with Gasteiger partial charge in [0, 0.05) is 12.7 Å². The molecule has 0 saturated heterocycles. The summed E-state index contributed by atoms with van der Waals surface area (Å²) in [5, 5.41) is 9.66. The molecule has 1 aliphatic rings. The highest BCUT2D eigenvalue weighted by atomic mass is 35.5. The molecule has 1 unspecified atom stereocenters. The number of rotatable bonds is 1. The molecule has 4 heteroatoms. The van der Waals surface area contributed by atoms with E-state index in [4.69, 9.17) is 16.7 Å². The van der Waals surface area contributed by atoms with Crippen molar-refractivity contribution in [2.24, 2.45) is 7.05 Å². The van der Waals surface area contributed by atoms with Gasteiger partial charge in [0.15, 0.2) is 0 Å². The summed E-state index contributed by atoms with van der Waals surface area (Å²) in [7, 11) is 1.88. The van der Waals surface area contributed by atoms with E-state index in [-0.39, 0.29) is 5.92 Å². The van der Waals surface area contributed by atoms with Crippen molar-refractivity contribution in [3.8, 4) is 0 Å². The zero-order valence-corrected chi connectivity index (χ0v) is 8.71. The Hall–Kier alpha value is -0.960. The maximum Gasteiger partial charge on any atom is 0.311 e. The second kappa shape index (κ2) is 3.31. The summed E-state index contributed by atoms with van der Waals surface area (Å²) in [6.45, 7) is 0. The Morgan fingerprint density at radius 2 is 2.43 bits per heavy atom. The lowest BCUT2D eigenvalue weighted by Crippen LogP contribution is -2.18. The summed E-state index contributed by atoms with van der Waals surface area (Å²) in [5.74, 6) is -1.11. The van der Waals surface area contributed by atoms with Crippen molar-refractivity contribution >= 4 is 17.6 Å². The first-order chi connectivity index (χ1) is 6.61. The van der Waals surface area contributed by atoms with Gasteiger partial charge >= 0.3 is 5.97 Å². The average molecular weight is 214 g/mol. The minimum Gasteiger partial charge on any atom is -0.481 e. The van der Waals surface area contributed by atoms with E-state index in [1.807, 2.05) is 11.6 Å². The van der Waals surface area contributed by atoms with E-state index in [0.717, 1.165) is 30.5 Å². The lowest BCUT2D eigenvalue weighted by Gasteiger charge is -2.19. The van der Waals surface area contributed by atoms with Gasteiger partial charge in [-0.3, -0.25) is 4.79 Å². The lowest BCUT2D eigenvalue weighted by molar-refractivity contribution is -0.139. The molecule has 1 aromatic rings. The van der Waals surface area contributed by atoms with E-state index in [2.05, 4.69) is 0 Å². The van der Waals surface area contributed by atoms with Crippen molar-refractivity contribution in [1.82, 2.24) is 4.57 Å². The highest BCUT2D eigenvalue weighted by molar-refractivity contribution is 6.29. The van der Waals surface area contributed by atoms with Crippen molar-refractivity contribution in [2.45, 2.75) is 25.2 Å². The van der Waals surface area contributed by atoms with Crippen LogP contribution in [-0.2, 0) is 18.3 Å². The van der Waals surface area contributed by atoms with Gasteiger partial charge < -0.3 is 9.67 Å². The maximum atomic E-state index is 11.0. The molecule has 0 bridgehead atoms. The van der Waals surface area contributed by atoms with Crippen molar-refractivity contribution in [2.75, 3.05) is 0 Å². The van der Waals surface area contributed by atoms with Gasteiger partial charge in [-0.15, -0.1) is 0 Å². The van der Waals surface area contributed by atoms with Gasteiger partial charge in [-0.2, -0.15) is 0 Å². The summed E-state index contributed by atoms with van der Waals surface area (Å²) in [6.07, 6.45) is 2.59. The molecule has 0 aromatic carbocycles. The number of carboxylic acids is 1. The fourth-order valence-corrected chi connectivity index (χ4v) is 2.35. The molecule has 1 aromatic heterocycles. The van der Waals surface area contributed by atoms with Crippen LogP contribution in [0.15, 0.2) is 6.07 Å². The van der Waals surface area contributed by atoms with Crippen molar-refractivity contribution in [1.29, 1.82) is 0 Å². The first-order valence-corrected chi connectivity index (χ1v) is 5.06. The predicted octanol–water partition coefficient (Wildman–Crippen LogP) is 2.18. The molecule has 2 rings (SSSR count). The quantitative estimate of drug-likeness (QED) is 0.777. The number of hydrogen-bond donors (Lipinski definition) is 1. The third-order valence-corrected chi connectivity index (χ3v) is 3.28. The topological polar surface area (TPSA) is 42.2 Å². The standard InChI is InChI=1S/C10H12ClNO2/c1-12-8-4-2-3-6(10(13)14)7(8)5-9(12)11/h5-6H,2-4H2,1H3,(H,13,14). The monoisotopic (exact) mass is 213 g/mol. The largest absolute Gasteiger partial charge is 0.481 e. The van der Waals surface area contributed by atoms with Crippen molar-refractivity contribution < 1.29 is 9.90 Å². The highest BCUT2D eigenvalue weighted by Gasteiger charge is 2.28. The van der Waals surface area contributed by atoms with E-state index in [9.17, 15) is 4.79 Å². The highest BCUT2D eigenvalue weighted by Crippen LogP contribution is 2.35. The van der Waals surface area contributed by atoms with E-state index in [1.54, 1.807) is 6.07 Å². The van der Waals surface area contributed by atoms with E-state index < -0.39 is 5.97 Å². The van der Waals surface area contributed by atoms with Crippen molar-refractivity contribution in [3.05, 3.63) is 22.5 Å². The second-order valence-electron chi connectivity index (χ2n) is 3.71. The smallest absolute Gasteiger partial charge is 0.311 e. The molecule has 3 nitrogen and oxygen atoms in total. The molecular formula is C10H12ClNO2. The van der Waals surface area contributed by atoms with Crippen LogP contribution < -0.4 is 0 Å². The number of fused-ring (bicyclic) bond motifs is 1. The summed E-state index contributed by atoms with van der Waals surface area (Å²) >= 11 is 5.96. The Labute approximate surface area is 87.3 Å². The Balaban J connectivity index is 2.50. The van der Waals surface area contributed by atoms with Gasteiger partial charge in [0.25, 0.3) is 0 Å². The fraction of sp³-hybridized carbons (Fsp3) is 0.500. The SMILES string of the molecule is Cn1c(Cl)cc2c1CCCC2C(=O)O. The number of halogens is 1. The van der Waals surface area contributed by atoms with Gasteiger partial charge in [-0.1, -0.05) is 11.6 Å². The van der Waals surface area contributed by atoms with Crippen LogP contribution in [0.5, 0.6) is 0 Å². The summed E-state index contributed by atoms with van der Waals surface area (Å²) in [4.78, 5) is 11.0. The van der Waals surface area contributed by atoms with Crippen molar-refractivity contribution in [3.63, 3.8) is 0 Å². The Morgan fingerprint density at radius 1 is 1.71 bits per heavy atom. The molecule has 1 heterocycles. The molecule has 1 N–H and O–H groups in total. The number of carboxylic acid groups (broad SMARTS) is 1. The van der Waals surface area contributed by atoms with E-state index >= 15 is 0 Å². The van der Waals surface area contributed by atoms with Gasteiger partial charge in [0.2, 0.25) is 0 Å². The molecule has 0 spiro atoms. The number of carbonyl (C=O) groups is 1. The lowest BCUT2D eigenvalue weighted by atomic mass is 9.87. The van der Waals surface area contributed by atoms with Crippen LogP contribution in [0.1, 0.15) is 30.0 Å². The summed E-state index contributed by atoms with van der Waals surface area (Å²) in [6, 6.07) is 1.79. The Bertz CT molecular complexity index is 384. The number of hydrogen-bond acceptors (Lipinski definition) is 1. The van der Waals surface area contributed by atoms with Crippen LogP contribution in [0, 0.1) is 0 Å². The molecule has 0 saturated carbocycles. The molecule has 1 atom stereocenters. The zero-order valence-electron chi connectivity index (χ0n) is 7.96. The van der Waals surface area contributed by atoms with Crippen LogP contribution in [-0.4, -0.2) is 15.6 Å². The predicted molar refractivity (Wildman–Crippen MR) is 53.7 cm³/mol. The van der Waals surface area contributed by atoms with E-state index in [1.165, 1.54) is 0 Å². The van der Waals surface area contributed by atoms with Gasteiger partial charge in [-0.05, 0) is 30.9 Å². The zero-order chi connectivity index (χ0) is 10.3. The van der Waals surface area contributed by atoms with Gasteiger partial charge in [0.05, 0.1) is 5.92 Å². The van der Waals surface area contributed by atoms with Crippen LogP contribution in [0.2, 0.25) is 5.15 Å². The molecule has 0 amide bonds. The third kappa shape index (κ3) is 1.32. The summed E-state index contributed by atoms with van der Waals surface area (Å²) < 4.78 is 1.88. The Morgan fingerprint density at radius 3 is 3.07 bits per heavy atom. The first kappa shape index (κ1) is 9.59. The number of nitrogens with zero attached hydrogens (tertiary/aromatic N) is 1. The molecule has 14 heavy (non-hydrogen) atoms. The maximum absolute atomic E-state index is 11.0.